The average Bonchev–Trinajstić information content (AvgIpc) is 2.29. The highest BCUT2D eigenvalue weighted by atomic mass is 16.5. The van der Waals surface area contributed by atoms with Crippen LogP contribution in [0.25, 0.3) is 0 Å². The quantitative estimate of drug-likeness (QED) is 0.822. The molecule has 0 saturated carbocycles. The van der Waals surface area contributed by atoms with Gasteiger partial charge in [0.05, 0.1) is 12.2 Å². The molecule has 0 bridgehead atoms. The summed E-state index contributed by atoms with van der Waals surface area (Å²) in [4.78, 5) is 0. The second-order valence-electron chi connectivity index (χ2n) is 5.31. The molecular weight excluding hydrogens is 212 g/mol. The van der Waals surface area contributed by atoms with Crippen molar-refractivity contribution in [2.24, 2.45) is 0 Å². The molecule has 0 amide bonds. The third-order valence-corrected chi connectivity index (χ3v) is 3.19. The molecule has 1 atom stereocenters. The van der Waals surface area contributed by atoms with E-state index in [1.165, 1.54) is 0 Å². The number of ether oxygens (including phenoxy) is 1. The minimum atomic E-state index is -0.386. The fraction of sp³-hybridized carbons (Fsp3) is 0.600. The van der Waals surface area contributed by atoms with Crippen LogP contribution in [-0.4, -0.2) is 23.9 Å². The van der Waals surface area contributed by atoms with E-state index < -0.39 is 0 Å². The topological polar surface area (TPSA) is 29.5 Å². The molecule has 0 spiro atoms. The lowest BCUT2D eigenvalue weighted by molar-refractivity contribution is 0.0240. The van der Waals surface area contributed by atoms with Crippen LogP contribution in [0.1, 0.15) is 39.7 Å². The highest BCUT2D eigenvalue weighted by Crippen LogP contribution is 2.28. The van der Waals surface area contributed by atoms with Gasteiger partial charge >= 0.3 is 0 Å². The van der Waals surface area contributed by atoms with E-state index in [1.807, 2.05) is 32.0 Å². The van der Waals surface area contributed by atoms with Gasteiger partial charge in [0.1, 0.15) is 0 Å². The second-order valence-corrected chi connectivity index (χ2v) is 5.31. The summed E-state index contributed by atoms with van der Waals surface area (Å²) in [5, 5.41) is 10.3. The van der Waals surface area contributed by atoms with E-state index in [0.29, 0.717) is 13.0 Å². The summed E-state index contributed by atoms with van der Waals surface area (Å²) in [7, 11) is 0. The molecule has 1 unspecified atom stereocenters. The van der Waals surface area contributed by atoms with Gasteiger partial charge in [0.15, 0.2) is 0 Å². The molecule has 2 nitrogen and oxygen atoms in total. The molecule has 1 aromatic rings. The van der Waals surface area contributed by atoms with Crippen LogP contribution in [0.5, 0.6) is 0 Å². The Morgan fingerprint density at radius 3 is 2.29 bits per heavy atom. The third kappa shape index (κ3) is 4.14. The van der Waals surface area contributed by atoms with Crippen LogP contribution in [0.4, 0.5) is 0 Å². The first-order valence-corrected chi connectivity index (χ1v) is 6.29. The van der Waals surface area contributed by atoms with Crippen LogP contribution in [0.2, 0.25) is 0 Å². The Kier molecular flexibility index (Phi) is 5.16. The molecule has 17 heavy (non-hydrogen) atoms. The van der Waals surface area contributed by atoms with Crippen LogP contribution in [-0.2, 0) is 10.2 Å². The monoisotopic (exact) mass is 236 g/mol. The van der Waals surface area contributed by atoms with E-state index in [0.717, 1.165) is 5.56 Å². The number of rotatable bonds is 6. The van der Waals surface area contributed by atoms with Gasteiger partial charge in [-0.25, -0.2) is 0 Å². The Hall–Kier alpha value is -0.860. The SMILES string of the molecule is CC(C)OCCC(O)C(C)(C)c1ccccc1. The van der Waals surface area contributed by atoms with E-state index in [9.17, 15) is 5.11 Å². The number of hydrogen-bond donors (Lipinski definition) is 1. The molecule has 0 aliphatic heterocycles. The molecule has 96 valence electrons. The van der Waals surface area contributed by atoms with E-state index >= 15 is 0 Å². The second kappa shape index (κ2) is 6.18. The fourth-order valence-corrected chi connectivity index (χ4v) is 1.84. The highest BCUT2D eigenvalue weighted by molar-refractivity contribution is 5.24. The minimum Gasteiger partial charge on any atom is -0.392 e. The van der Waals surface area contributed by atoms with Crippen LogP contribution < -0.4 is 0 Å². The van der Waals surface area contributed by atoms with Gasteiger partial charge in [-0.1, -0.05) is 44.2 Å². The third-order valence-electron chi connectivity index (χ3n) is 3.19. The van der Waals surface area contributed by atoms with Crippen LogP contribution in [0, 0.1) is 0 Å². The zero-order valence-electron chi connectivity index (χ0n) is 11.3. The fourth-order valence-electron chi connectivity index (χ4n) is 1.84. The average molecular weight is 236 g/mol. The predicted molar refractivity (Wildman–Crippen MR) is 71.2 cm³/mol. The number of benzene rings is 1. The summed E-state index contributed by atoms with van der Waals surface area (Å²) >= 11 is 0. The molecule has 1 N–H and O–H groups in total. The van der Waals surface area contributed by atoms with Gasteiger partial charge in [0.2, 0.25) is 0 Å². The van der Waals surface area contributed by atoms with Crippen molar-refractivity contribution >= 4 is 0 Å². The largest absolute Gasteiger partial charge is 0.392 e. The summed E-state index contributed by atoms with van der Waals surface area (Å²) in [5.41, 5.74) is 0.929. The Labute approximate surface area is 105 Å². The molecule has 0 aliphatic rings. The zero-order valence-corrected chi connectivity index (χ0v) is 11.3. The van der Waals surface area contributed by atoms with Crippen molar-refractivity contribution in [1.82, 2.24) is 0 Å². The molecule has 0 fully saturated rings. The first-order chi connectivity index (χ1) is 7.94. The van der Waals surface area contributed by atoms with Crippen molar-refractivity contribution < 1.29 is 9.84 Å². The van der Waals surface area contributed by atoms with Gasteiger partial charge in [-0.05, 0) is 25.8 Å². The molecule has 0 saturated heterocycles. The highest BCUT2D eigenvalue weighted by Gasteiger charge is 2.29. The summed E-state index contributed by atoms with van der Waals surface area (Å²) in [6.07, 6.45) is 0.505. The molecule has 1 aromatic carbocycles. The van der Waals surface area contributed by atoms with E-state index in [1.54, 1.807) is 0 Å². The smallest absolute Gasteiger partial charge is 0.0653 e. The van der Waals surface area contributed by atoms with Crippen molar-refractivity contribution in [2.45, 2.75) is 51.7 Å². The van der Waals surface area contributed by atoms with E-state index in [4.69, 9.17) is 4.74 Å². The Morgan fingerprint density at radius 2 is 1.76 bits per heavy atom. The molecule has 0 aliphatic carbocycles. The number of hydrogen-bond acceptors (Lipinski definition) is 2. The number of aliphatic hydroxyl groups excluding tert-OH is 1. The standard InChI is InChI=1S/C15H24O2/c1-12(2)17-11-10-14(16)15(3,4)13-8-6-5-7-9-13/h5-9,12,14,16H,10-11H2,1-4H3. The van der Waals surface area contributed by atoms with Crippen molar-refractivity contribution in [3.63, 3.8) is 0 Å². The maximum atomic E-state index is 10.3. The Balaban J connectivity index is 2.58. The molecular formula is C15H24O2. The van der Waals surface area contributed by atoms with Gasteiger partial charge < -0.3 is 9.84 Å². The summed E-state index contributed by atoms with van der Waals surface area (Å²) in [5.74, 6) is 0. The Bertz CT molecular complexity index is 317. The molecule has 0 heterocycles. The molecule has 0 radical (unpaired) electrons. The van der Waals surface area contributed by atoms with Crippen molar-refractivity contribution in [3.8, 4) is 0 Å². The van der Waals surface area contributed by atoms with Gasteiger partial charge in [-0.3, -0.25) is 0 Å². The summed E-state index contributed by atoms with van der Waals surface area (Å²) in [6, 6.07) is 10.1. The lowest BCUT2D eigenvalue weighted by atomic mass is 9.78. The first-order valence-electron chi connectivity index (χ1n) is 6.29. The molecule has 2 heteroatoms. The van der Waals surface area contributed by atoms with Gasteiger partial charge in [0, 0.05) is 12.0 Å². The van der Waals surface area contributed by atoms with E-state index in [2.05, 4.69) is 26.0 Å². The molecule has 0 aromatic heterocycles. The maximum absolute atomic E-state index is 10.3. The summed E-state index contributed by atoms with van der Waals surface area (Å²) < 4.78 is 5.48. The molecule has 1 rings (SSSR count). The van der Waals surface area contributed by atoms with Gasteiger partial charge in [-0.2, -0.15) is 0 Å². The maximum Gasteiger partial charge on any atom is 0.0653 e. The minimum absolute atomic E-state index is 0.224. The van der Waals surface area contributed by atoms with Gasteiger partial charge in [0.25, 0.3) is 0 Å². The van der Waals surface area contributed by atoms with Crippen molar-refractivity contribution in [3.05, 3.63) is 35.9 Å². The predicted octanol–water partition coefficient (Wildman–Crippen LogP) is 3.14. The number of aliphatic hydroxyl groups is 1. The van der Waals surface area contributed by atoms with Crippen LogP contribution in [0.3, 0.4) is 0 Å². The van der Waals surface area contributed by atoms with Crippen molar-refractivity contribution in [1.29, 1.82) is 0 Å². The Morgan fingerprint density at radius 1 is 1.18 bits per heavy atom. The van der Waals surface area contributed by atoms with Gasteiger partial charge in [-0.15, -0.1) is 0 Å². The first kappa shape index (κ1) is 14.2. The lowest BCUT2D eigenvalue weighted by Crippen LogP contribution is -2.34. The lowest BCUT2D eigenvalue weighted by Gasteiger charge is -2.31. The van der Waals surface area contributed by atoms with Crippen molar-refractivity contribution in [2.75, 3.05) is 6.61 Å². The van der Waals surface area contributed by atoms with Crippen LogP contribution in [0.15, 0.2) is 30.3 Å². The van der Waals surface area contributed by atoms with E-state index in [-0.39, 0.29) is 17.6 Å². The van der Waals surface area contributed by atoms with Crippen LogP contribution >= 0.6 is 0 Å². The summed E-state index contributed by atoms with van der Waals surface area (Å²) in [6.45, 7) is 8.77. The normalized spacial score (nSPS) is 14.0. The zero-order chi connectivity index (χ0) is 12.9.